The smallest absolute Gasteiger partial charge is 0.151 e. The number of ketones is 1. The lowest BCUT2D eigenvalue weighted by Gasteiger charge is -2.26. The number of nitrogens with one attached hydrogen (secondary N) is 1. The molecule has 0 amide bonds. The van der Waals surface area contributed by atoms with Gasteiger partial charge in [-0.25, -0.2) is 0 Å². The van der Waals surface area contributed by atoms with Crippen LogP contribution in [0.15, 0.2) is 0 Å². The van der Waals surface area contributed by atoms with E-state index in [1.165, 1.54) is 6.42 Å². The number of fused-ring (bicyclic) bond motifs is 1. The van der Waals surface area contributed by atoms with Crippen molar-refractivity contribution in [2.24, 2.45) is 5.92 Å². The van der Waals surface area contributed by atoms with Gasteiger partial charge in [-0.05, 0) is 19.3 Å². The molecule has 1 saturated carbocycles. The van der Waals surface area contributed by atoms with Crippen molar-refractivity contribution < 1.29 is 4.79 Å². The van der Waals surface area contributed by atoms with Gasteiger partial charge in [-0.15, -0.1) is 0 Å². The van der Waals surface area contributed by atoms with E-state index in [2.05, 4.69) is 21.2 Å². The fraction of sp³-hybridized carbons (Fsp3) is 0.875. The standard InChI is InChI=1S/C8H12BrNO/c9-5-1-2-7-6(3-5)8(11)4-10-7/h5-7,10H,1-4H2. The molecule has 3 heteroatoms. The molecule has 1 aliphatic heterocycles. The summed E-state index contributed by atoms with van der Waals surface area (Å²) in [7, 11) is 0. The van der Waals surface area contributed by atoms with Crippen molar-refractivity contribution in [2.75, 3.05) is 6.54 Å². The van der Waals surface area contributed by atoms with Crippen LogP contribution >= 0.6 is 15.9 Å². The highest BCUT2D eigenvalue weighted by molar-refractivity contribution is 9.09. The van der Waals surface area contributed by atoms with Gasteiger partial charge in [0.05, 0.1) is 6.54 Å². The topological polar surface area (TPSA) is 29.1 Å². The lowest BCUT2D eigenvalue weighted by atomic mass is 9.85. The molecule has 1 saturated heterocycles. The van der Waals surface area contributed by atoms with Crippen LogP contribution in [0.1, 0.15) is 19.3 Å². The Bertz CT molecular complexity index is 183. The largest absolute Gasteiger partial charge is 0.306 e. The highest BCUT2D eigenvalue weighted by Crippen LogP contribution is 2.32. The summed E-state index contributed by atoms with van der Waals surface area (Å²) in [6, 6.07) is 0.497. The quantitative estimate of drug-likeness (QED) is 0.616. The average Bonchev–Trinajstić information content (AvgIpc) is 2.33. The third kappa shape index (κ3) is 1.36. The van der Waals surface area contributed by atoms with E-state index in [0.29, 0.717) is 29.1 Å². The summed E-state index contributed by atoms with van der Waals surface area (Å²) in [6.07, 6.45) is 3.41. The van der Waals surface area contributed by atoms with Gasteiger partial charge >= 0.3 is 0 Å². The van der Waals surface area contributed by atoms with E-state index in [1.54, 1.807) is 0 Å². The van der Waals surface area contributed by atoms with E-state index in [-0.39, 0.29) is 0 Å². The molecule has 0 radical (unpaired) electrons. The molecular formula is C8H12BrNO. The van der Waals surface area contributed by atoms with Crippen molar-refractivity contribution in [1.82, 2.24) is 5.32 Å². The monoisotopic (exact) mass is 217 g/mol. The predicted octanol–water partition coefficient (Wildman–Crippen LogP) is 1.09. The number of carbonyl (C=O) groups excluding carboxylic acids is 1. The molecule has 1 N–H and O–H groups in total. The third-order valence-electron chi connectivity index (χ3n) is 2.74. The zero-order valence-electron chi connectivity index (χ0n) is 6.35. The molecule has 2 nitrogen and oxygen atoms in total. The Balaban J connectivity index is 2.07. The third-order valence-corrected chi connectivity index (χ3v) is 3.57. The Morgan fingerprint density at radius 1 is 1.45 bits per heavy atom. The van der Waals surface area contributed by atoms with Gasteiger partial charge in [-0.1, -0.05) is 15.9 Å². The molecule has 11 heavy (non-hydrogen) atoms. The maximum atomic E-state index is 11.3. The van der Waals surface area contributed by atoms with Gasteiger partial charge in [0.15, 0.2) is 5.78 Å². The van der Waals surface area contributed by atoms with Gasteiger partial charge in [0, 0.05) is 16.8 Å². The minimum Gasteiger partial charge on any atom is -0.306 e. The first-order valence-electron chi connectivity index (χ1n) is 4.17. The van der Waals surface area contributed by atoms with E-state index < -0.39 is 0 Å². The van der Waals surface area contributed by atoms with E-state index in [1.807, 2.05) is 0 Å². The molecule has 3 atom stereocenters. The van der Waals surface area contributed by atoms with E-state index in [9.17, 15) is 4.79 Å². The van der Waals surface area contributed by atoms with Crippen LogP contribution in [0, 0.1) is 5.92 Å². The van der Waals surface area contributed by atoms with Gasteiger partial charge in [0.1, 0.15) is 0 Å². The van der Waals surface area contributed by atoms with Crippen molar-refractivity contribution in [1.29, 1.82) is 0 Å². The maximum Gasteiger partial charge on any atom is 0.151 e. The molecule has 0 spiro atoms. The Hall–Kier alpha value is 0.110. The van der Waals surface area contributed by atoms with Crippen LogP contribution in [0.5, 0.6) is 0 Å². The summed E-state index contributed by atoms with van der Waals surface area (Å²) in [4.78, 5) is 11.8. The Kier molecular flexibility index (Phi) is 2.02. The van der Waals surface area contributed by atoms with Crippen molar-refractivity contribution >= 4 is 21.7 Å². The summed E-state index contributed by atoms with van der Waals surface area (Å²) in [5, 5.41) is 3.26. The zero-order chi connectivity index (χ0) is 7.84. The van der Waals surface area contributed by atoms with Crippen molar-refractivity contribution in [3.05, 3.63) is 0 Å². The number of hydrogen-bond acceptors (Lipinski definition) is 2. The average molecular weight is 218 g/mol. The highest BCUT2D eigenvalue weighted by Gasteiger charge is 2.38. The van der Waals surface area contributed by atoms with Crippen LogP contribution in [-0.4, -0.2) is 23.2 Å². The lowest BCUT2D eigenvalue weighted by molar-refractivity contribution is -0.120. The maximum absolute atomic E-state index is 11.3. The molecule has 1 aliphatic carbocycles. The predicted molar refractivity (Wildman–Crippen MR) is 46.9 cm³/mol. The Labute approximate surface area is 74.9 Å². The van der Waals surface area contributed by atoms with Gasteiger partial charge in [0.2, 0.25) is 0 Å². The summed E-state index contributed by atoms with van der Waals surface area (Å²) in [6.45, 7) is 0.606. The molecule has 0 aromatic carbocycles. The highest BCUT2D eigenvalue weighted by atomic mass is 79.9. The van der Waals surface area contributed by atoms with Crippen LogP contribution < -0.4 is 5.32 Å². The second-order valence-electron chi connectivity index (χ2n) is 3.47. The number of carbonyl (C=O) groups is 1. The number of hydrogen-bond donors (Lipinski definition) is 1. The van der Waals surface area contributed by atoms with E-state index in [4.69, 9.17) is 0 Å². The minimum atomic E-state index is 0.313. The number of Topliss-reactive ketones (excluding diaryl/α,β-unsaturated/α-hetero) is 1. The molecule has 2 rings (SSSR count). The van der Waals surface area contributed by atoms with Gasteiger partial charge in [-0.3, -0.25) is 4.79 Å². The van der Waals surface area contributed by atoms with Crippen LogP contribution in [0.2, 0.25) is 0 Å². The van der Waals surface area contributed by atoms with Crippen LogP contribution in [0.25, 0.3) is 0 Å². The molecule has 2 aliphatic rings. The molecule has 1 heterocycles. The second kappa shape index (κ2) is 2.87. The number of alkyl halides is 1. The second-order valence-corrected chi connectivity index (χ2v) is 4.77. The first-order chi connectivity index (χ1) is 5.27. The molecule has 3 unspecified atom stereocenters. The summed E-state index contributed by atoms with van der Waals surface area (Å²) in [5.74, 6) is 0.729. The fourth-order valence-corrected chi connectivity index (χ4v) is 2.75. The van der Waals surface area contributed by atoms with Crippen molar-refractivity contribution in [2.45, 2.75) is 30.1 Å². The lowest BCUT2D eigenvalue weighted by Crippen LogP contribution is -2.33. The van der Waals surface area contributed by atoms with Crippen LogP contribution in [-0.2, 0) is 4.79 Å². The summed E-state index contributed by atoms with van der Waals surface area (Å²) >= 11 is 3.57. The van der Waals surface area contributed by atoms with Gasteiger partial charge < -0.3 is 5.32 Å². The fourth-order valence-electron chi connectivity index (χ4n) is 2.08. The Morgan fingerprint density at radius 2 is 2.27 bits per heavy atom. The summed E-state index contributed by atoms with van der Waals surface area (Å²) in [5.41, 5.74) is 0. The SMILES string of the molecule is O=C1CNC2CCC(Br)CC12. The van der Waals surface area contributed by atoms with Gasteiger partial charge in [-0.2, -0.15) is 0 Å². The first-order valence-corrected chi connectivity index (χ1v) is 5.09. The van der Waals surface area contributed by atoms with Crippen LogP contribution in [0.4, 0.5) is 0 Å². The number of rotatable bonds is 0. The summed E-state index contributed by atoms with van der Waals surface area (Å²) < 4.78 is 0. The molecule has 0 bridgehead atoms. The number of halogens is 1. The molecule has 0 aromatic rings. The zero-order valence-corrected chi connectivity index (χ0v) is 7.93. The van der Waals surface area contributed by atoms with Crippen molar-refractivity contribution in [3.8, 4) is 0 Å². The molecule has 62 valence electrons. The Morgan fingerprint density at radius 3 is 3.09 bits per heavy atom. The minimum absolute atomic E-state index is 0.313. The van der Waals surface area contributed by atoms with E-state index >= 15 is 0 Å². The van der Waals surface area contributed by atoms with E-state index in [0.717, 1.165) is 12.8 Å². The van der Waals surface area contributed by atoms with Crippen molar-refractivity contribution in [3.63, 3.8) is 0 Å². The van der Waals surface area contributed by atoms with Crippen LogP contribution in [0.3, 0.4) is 0 Å². The van der Waals surface area contributed by atoms with Gasteiger partial charge in [0.25, 0.3) is 0 Å². The molecular weight excluding hydrogens is 206 g/mol. The first kappa shape index (κ1) is 7.74. The molecule has 2 fully saturated rings. The molecule has 0 aromatic heterocycles. The normalized spacial score (nSPS) is 44.1.